The van der Waals surface area contributed by atoms with E-state index in [1.807, 2.05) is 0 Å². The van der Waals surface area contributed by atoms with Gasteiger partial charge in [0.05, 0.1) is 0 Å². The van der Waals surface area contributed by atoms with Crippen molar-refractivity contribution in [3.63, 3.8) is 0 Å². The van der Waals surface area contributed by atoms with Gasteiger partial charge in [-0.15, -0.1) is 0 Å². The van der Waals surface area contributed by atoms with Crippen LogP contribution in [-0.2, 0) is 0 Å². The van der Waals surface area contributed by atoms with E-state index in [0.717, 1.165) is 0 Å². The molecule has 0 aliphatic rings. The molecule has 0 aromatic heterocycles. The maximum Gasteiger partial charge on any atom is 2.00 e. The maximum atomic E-state index is 0. The predicted octanol–water partition coefficient (Wildman–Crippen LogP) is -9.26. The van der Waals surface area contributed by atoms with E-state index in [9.17, 15) is 0 Å². The van der Waals surface area contributed by atoms with E-state index in [1.54, 1.807) is 0 Å². The van der Waals surface area contributed by atoms with E-state index in [-0.39, 0.29) is 77.3 Å². The van der Waals surface area contributed by atoms with Crippen LogP contribution >= 0.6 is 0 Å². The first-order chi connectivity index (χ1) is 0. The molecule has 0 fully saturated rings. The molecule has 0 aliphatic heterocycles. The van der Waals surface area contributed by atoms with Gasteiger partial charge in [-0.2, -0.15) is 0 Å². The Morgan fingerprint density at radius 2 is 1.00 bits per heavy atom. The van der Waals surface area contributed by atoms with Gasteiger partial charge in [-0.3, -0.25) is 0 Å². The molecule has 0 spiro atoms. The monoisotopic (exact) mass is 190 g/mol. The van der Waals surface area contributed by atoms with Crippen LogP contribution < -0.4 is 52.8 Å². The molecule has 0 radical (unpaired) electrons. The minimum atomic E-state index is 0. The molecular formula is HBr2LiMg. The molecule has 0 saturated heterocycles. The van der Waals surface area contributed by atoms with Crippen LogP contribution in [0.1, 0.15) is 1.43 Å². The van der Waals surface area contributed by atoms with Crippen molar-refractivity contribution in [1.82, 2.24) is 0 Å². The Balaban J connectivity index is 0. The van der Waals surface area contributed by atoms with Gasteiger partial charge in [0.1, 0.15) is 0 Å². The minimum absolute atomic E-state index is 0. The van der Waals surface area contributed by atoms with Crippen LogP contribution in [0, 0.1) is 0 Å². The van der Waals surface area contributed by atoms with E-state index in [0.29, 0.717) is 0 Å². The third-order valence-corrected chi connectivity index (χ3v) is 0. The molecule has 0 atom stereocenters. The third kappa shape index (κ3) is 8.85. The molecule has 0 unspecified atom stereocenters. The fourth-order valence-corrected chi connectivity index (χ4v) is 0. The topological polar surface area (TPSA) is 0 Å². The Morgan fingerprint density at radius 1 is 1.00 bits per heavy atom. The fraction of sp³-hybridized carbons (Fsp3) is 0. The van der Waals surface area contributed by atoms with Gasteiger partial charge in [-0.05, 0) is 0 Å². The van der Waals surface area contributed by atoms with Crippen molar-refractivity contribution in [3.8, 4) is 0 Å². The second-order valence-corrected chi connectivity index (χ2v) is 0. The summed E-state index contributed by atoms with van der Waals surface area (Å²) in [6, 6.07) is 0. The van der Waals surface area contributed by atoms with E-state index >= 15 is 0 Å². The molecule has 0 aromatic rings. The molecule has 0 aromatic carbocycles. The molecular weight excluding hydrogens is 191 g/mol. The first kappa shape index (κ1) is 33.2. The fourth-order valence-electron chi connectivity index (χ4n) is 0. The van der Waals surface area contributed by atoms with E-state index in [2.05, 4.69) is 0 Å². The molecule has 0 amide bonds. The normalized spacial score (nSPS) is 0. The van der Waals surface area contributed by atoms with Crippen molar-refractivity contribution < 1.29 is 54.3 Å². The molecule has 0 saturated carbocycles. The van der Waals surface area contributed by atoms with Crippen molar-refractivity contribution in [2.24, 2.45) is 0 Å². The second kappa shape index (κ2) is 18.4. The van der Waals surface area contributed by atoms with Gasteiger partial charge in [0.2, 0.25) is 0 Å². The smallest absolute Gasteiger partial charge is 1.00 e. The molecule has 4 heavy (non-hydrogen) atoms. The molecule has 0 aliphatic carbocycles. The van der Waals surface area contributed by atoms with Crippen LogP contribution in [0.4, 0.5) is 0 Å². The summed E-state index contributed by atoms with van der Waals surface area (Å²) in [7, 11) is 0. The molecule has 0 bridgehead atoms. The van der Waals surface area contributed by atoms with Gasteiger partial charge in [-0.1, -0.05) is 0 Å². The molecule has 0 nitrogen and oxygen atoms in total. The zero-order valence-corrected chi connectivity index (χ0v) is 7.05. The van der Waals surface area contributed by atoms with Gasteiger partial charge < -0.3 is 35.4 Å². The predicted molar refractivity (Wildman–Crippen MR) is 6.87 cm³/mol. The average molecular weight is 192 g/mol. The van der Waals surface area contributed by atoms with Crippen LogP contribution in [-0.4, -0.2) is 23.1 Å². The van der Waals surface area contributed by atoms with E-state index in [1.165, 1.54) is 0 Å². The summed E-state index contributed by atoms with van der Waals surface area (Å²) in [4.78, 5) is 0. The molecule has 0 heterocycles. The minimum Gasteiger partial charge on any atom is -1.00 e. The van der Waals surface area contributed by atoms with Crippen LogP contribution in [0.2, 0.25) is 0 Å². The zero-order valence-electron chi connectivity index (χ0n) is 3.46. The molecule has 0 rings (SSSR count). The van der Waals surface area contributed by atoms with Crippen molar-refractivity contribution >= 4 is 23.1 Å². The van der Waals surface area contributed by atoms with Crippen molar-refractivity contribution in [1.29, 1.82) is 0 Å². The molecule has 18 valence electrons. The number of rotatable bonds is 0. The van der Waals surface area contributed by atoms with Crippen LogP contribution in [0.3, 0.4) is 0 Å². The van der Waals surface area contributed by atoms with Crippen molar-refractivity contribution in [2.75, 3.05) is 0 Å². The van der Waals surface area contributed by atoms with Crippen LogP contribution in [0.25, 0.3) is 0 Å². The summed E-state index contributed by atoms with van der Waals surface area (Å²) in [6.45, 7) is 0. The third-order valence-electron chi connectivity index (χ3n) is 0. The largest absolute Gasteiger partial charge is 2.00 e. The first-order valence-corrected chi connectivity index (χ1v) is 0. The van der Waals surface area contributed by atoms with Gasteiger partial charge in [0.25, 0.3) is 0 Å². The summed E-state index contributed by atoms with van der Waals surface area (Å²) in [5, 5.41) is 0. The van der Waals surface area contributed by atoms with Gasteiger partial charge in [0.15, 0.2) is 0 Å². The Kier molecular flexibility index (Phi) is 153. The Hall–Kier alpha value is 2.32. The summed E-state index contributed by atoms with van der Waals surface area (Å²) in [6.07, 6.45) is 0. The summed E-state index contributed by atoms with van der Waals surface area (Å²) in [5.74, 6) is 0. The zero-order chi connectivity index (χ0) is 0. The quantitative estimate of drug-likeness (QED) is 0.334. The maximum absolute atomic E-state index is 0. The average Bonchev–Trinajstić information content (AvgIpc) is 0. The molecule has 0 N–H and O–H groups in total. The Labute approximate surface area is 76.4 Å². The van der Waals surface area contributed by atoms with Crippen molar-refractivity contribution in [3.05, 3.63) is 0 Å². The van der Waals surface area contributed by atoms with E-state index < -0.39 is 0 Å². The van der Waals surface area contributed by atoms with Gasteiger partial charge in [0, 0.05) is 0 Å². The number of hydrogen-bond donors (Lipinski definition) is 0. The number of hydrogen-bond acceptors (Lipinski definition) is 0. The first-order valence-electron chi connectivity index (χ1n) is 0. The van der Waals surface area contributed by atoms with E-state index in [4.69, 9.17) is 0 Å². The Morgan fingerprint density at radius 3 is 1.00 bits per heavy atom. The molecule has 4 heteroatoms. The van der Waals surface area contributed by atoms with Crippen molar-refractivity contribution in [2.45, 2.75) is 0 Å². The summed E-state index contributed by atoms with van der Waals surface area (Å²) >= 11 is 0. The van der Waals surface area contributed by atoms with Crippen LogP contribution in [0.5, 0.6) is 0 Å². The SMILES string of the molecule is [Br-].[Br-].[H-].[Li+].[Mg+2]. The van der Waals surface area contributed by atoms with Gasteiger partial charge >= 0.3 is 41.9 Å². The van der Waals surface area contributed by atoms with Gasteiger partial charge in [-0.25, -0.2) is 0 Å². The summed E-state index contributed by atoms with van der Waals surface area (Å²) < 4.78 is 0. The summed E-state index contributed by atoms with van der Waals surface area (Å²) in [5.41, 5.74) is 0. The number of halogens is 2. The Bertz CT molecular complexity index is 9.61. The second-order valence-electron chi connectivity index (χ2n) is 0. The van der Waals surface area contributed by atoms with Crippen LogP contribution in [0.15, 0.2) is 0 Å². The standard InChI is InChI=1S/2BrH.Li.Mg.H/h2*1H;;;/q;;+1;+2;-1/p-2.